The lowest BCUT2D eigenvalue weighted by Gasteiger charge is -2.15. The van der Waals surface area contributed by atoms with Crippen LogP contribution in [-0.2, 0) is 21.2 Å². The van der Waals surface area contributed by atoms with E-state index in [0.29, 0.717) is 19.5 Å². The van der Waals surface area contributed by atoms with E-state index in [1.54, 1.807) is 12.1 Å². The van der Waals surface area contributed by atoms with Crippen LogP contribution in [0.25, 0.3) is 0 Å². The number of carbonyl (C=O) groups excluding carboxylic acids is 1. The number of primary sulfonamides is 1. The molecule has 1 heterocycles. The highest BCUT2D eigenvalue weighted by Crippen LogP contribution is 2.10. The lowest BCUT2D eigenvalue weighted by Crippen LogP contribution is -2.38. The minimum absolute atomic E-state index is 0. The van der Waals surface area contributed by atoms with Gasteiger partial charge < -0.3 is 15.5 Å². The molecule has 158 valence electrons. The number of hydrogen-bond donors (Lipinski definition) is 3. The summed E-state index contributed by atoms with van der Waals surface area (Å²) < 4.78 is 22.5. The van der Waals surface area contributed by atoms with E-state index in [4.69, 9.17) is 5.14 Å². The highest BCUT2D eigenvalue weighted by atomic mass is 127. The third-order valence-electron chi connectivity index (χ3n) is 4.33. The van der Waals surface area contributed by atoms with Gasteiger partial charge in [-0.1, -0.05) is 12.1 Å². The molecule has 1 aliphatic rings. The molecule has 28 heavy (non-hydrogen) atoms. The average molecular weight is 523 g/mol. The molecular weight excluding hydrogens is 493 g/mol. The fraction of sp³-hybridized carbons (Fsp3) is 0.556. The molecule has 0 radical (unpaired) electrons. The first-order chi connectivity index (χ1) is 12.9. The van der Waals surface area contributed by atoms with Gasteiger partial charge in [-0.3, -0.25) is 9.79 Å². The molecule has 2 rings (SSSR count). The number of benzene rings is 1. The van der Waals surface area contributed by atoms with Gasteiger partial charge in [0.25, 0.3) is 0 Å². The number of hydrogen-bond acceptors (Lipinski definition) is 4. The zero-order valence-electron chi connectivity index (χ0n) is 16.2. The van der Waals surface area contributed by atoms with Crippen LogP contribution >= 0.6 is 24.0 Å². The second-order valence-electron chi connectivity index (χ2n) is 6.46. The Hall–Kier alpha value is -1.40. The Balaban J connectivity index is 0.00000392. The fourth-order valence-corrected chi connectivity index (χ4v) is 3.42. The van der Waals surface area contributed by atoms with Crippen LogP contribution in [0.15, 0.2) is 34.2 Å². The third-order valence-corrected chi connectivity index (χ3v) is 5.26. The van der Waals surface area contributed by atoms with Crippen molar-refractivity contribution in [1.82, 2.24) is 15.5 Å². The molecule has 0 unspecified atom stereocenters. The van der Waals surface area contributed by atoms with Crippen LogP contribution in [0, 0.1) is 0 Å². The number of likely N-dealkylation sites (tertiary alicyclic amines) is 1. The van der Waals surface area contributed by atoms with Gasteiger partial charge >= 0.3 is 0 Å². The van der Waals surface area contributed by atoms with Gasteiger partial charge in [0.05, 0.1) is 4.90 Å². The van der Waals surface area contributed by atoms with Crippen LogP contribution in [0.2, 0.25) is 0 Å². The normalized spacial score (nSPS) is 14.7. The van der Waals surface area contributed by atoms with Crippen molar-refractivity contribution < 1.29 is 13.2 Å². The molecule has 8 nitrogen and oxygen atoms in total. The summed E-state index contributed by atoms with van der Waals surface area (Å²) in [7, 11) is -3.65. The summed E-state index contributed by atoms with van der Waals surface area (Å²) in [4.78, 5) is 18.1. The Morgan fingerprint density at radius 3 is 2.54 bits per heavy atom. The van der Waals surface area contributed by atoms with Crippen molar-refractivity contribution in [3.63, 3.8) is 0 Å². The van der Waals surface area contributed by atoms with Gasteiger partial charge in [0, 0.05) is 39.1 Å². The minimum Gasteiger partial charge on any atom is -0.357 e. The molecule has 0 aliphatic carbocycles. The maximum absolute atomic E-state index is 11.6. The van der Waals surface area contributed by atoms with E-state index in [-0.39, 0.29) is 34.8 Å². The number of halogens is 1. The molecule has 1 fully saturated rings. The Labute approximate surface area is 184 Å². The topological polar surface area (TPSA) is 117 Å². The van der Waals surface area contributed by atoms with Crippen molar-refractivity contribution >= 4 is 45.9 Å². The lowest BCUT2D eigenvalue weighted by molar-refractivity contribution is -0.127. The number of nitrogens with zero attached hydrogens (tertiary/aromatic N) is 2. The third kappa shape index (κ3) is 8.31. The Bertz CT molecular complexity index is 753. The summed E-state index contributed by atoms with van der Waals surface area (Å²) in [5.41, 5.74) is 1.01. The number of carbonyl (C=O) groups is 1. The van der Waals surface area contributed by atoms with Crippen LogP contribution < -0.4 is 15.8 Å². The first-order valence-corrected chi connectivity index (χ1v) is 10.9. The Kier molecular flexibility index (Phi) is 10.8. The number of rotatable bonds is 9. The monoisotopic (exact) mass is 523 g/mol. The van der Waals surface area contributed by atoms with Gasteiger partial charge in [-0.25, -0.2) is 13.6 Å². The fourth-order valence-electron chi connectivity index (χ4n) is 2.91. The van der Waals surface area contributed by atoms with Crippen molar-refractivity contribution in [3.05, 3.63) is 29.8 Å². The second kappa shape index (κ2) is 12.2. The number of sulfonamides is 1. The predicted octanol–water partition coefficient (Wildman–Crippen LogP) is 1.06. The average Bonchev–Trinajstić information content (AvgIpc) is 3.03. The van der Waals surface area contributed by atoms with Gasteiger partial charge in [0.1, 0.15) is 0 Å². The molecule has 1 aliphatic heterocycles. The van der Waals surface area contributed by atoms with E-state index in [1.807, 2.05) is 11.8 Å². The largest absolute Gasteiger partial charge is 0.357 e. The summed E-state index contributed by atoms with van der Waals surface area (Å²) in [5, 5.41) is 11.6. The maximum atomic E-state index is 11.6. The van der Waals surface area contributed by atoms with Crippen molar-refractivity contribution in [3.8, 4) is 0 Å². The van der Waals surface area contributed by atoms with Crippen LogP contribution in [0.4, 0.5) is 0 Å². The maximum Gasteiger partial charge on any atom is 0.238 e. The zero-order chi connectivity index (χ0) is 19.7. The number of guanidine groups is 1. The van der Waals surface area contributed by atoms with E-state index in [0.717, 1.165) is 50.4 Å². The summed E-state index contributed by atoms with van der Waals surface area (Å²) in [6.07, 6.45) is 3.21. The summed E-state index contributed by atoms with van der Waals surface area (Å²) in [6.45, 7) is 5.72. The molecule has 4 N–H and O–H groups in total. The number of aliphatic imine (C=N–C) groups is 1. The van der Waals surface area contributed by atoms with Gasteiger partial charge in [-0.2, -0.15) is 0 Å². The van der Waals surface area contributed by atoms with Crippen LogP contribution in [-0.4, -0.2) is 57.9 Å². The van der Waals surface area contributed by atoms with Gasteiger partial charge in [-0.15, -0.1) is 24.0 Å². The molecule has 0 saturated carbocycles. The first kappa shape index (κ1) is 24.6. The number of amides is 1. The first-order valence-electron chi connectivity index (χ1n) is 9.32. The second-order valence-corrected chi connectivity index (χ2v) is 8.03. The molecule has 1 aromatic rings. The molecule has 0 bridgehead atoms. The smallest absolute Gasteiger partial charge is 0.238 e. The van der Waals surface area contributed by atoms with E-state index >= 15 is 0 Å². The molecule has 0 spiro atoms. The SMILES string of the molecule is CCNC(=NCCCN1CCCC1=O)NCCc1ccc(S(N)(=O)=O)cc1.I. The Morgan fingerprint density at radius 2 is 1.96 bits per heavy atom. The van der Waals surface area contributed by atoms with Gasteiger partial charge in [0.2, 0.25) is 15.9 Å². The highest BCUT2D eigenvalue weighted by molar-refractivity contribution is 14.0. The summed E-state index contributed by atoms with van der Waals surface area (Å²) in [6, 6.07) is 6.56. The molecule has 1 saturated heterocycles. The van der Waals surface area contributed by atoms with Crippen molar-refractivity contribution in [2.24, 2.45) is 10.1 Å². The standard InChI is InChI=1S/C18H29N5O3S.HI/c1-2-20-18(21-11-4-14-23-13-3-5-17(23)24)22-12-10-15-6-8-16(9-7-15)27(19,25)26;/h6-9H,2-5,10-14H2,1H3,(H2,19,25,26)(H2,20,21,22);1H. The minimum atomic E-state index is -3.65. The molecule has 0 atom stereocenters. The summed E-state index contributed by atoms with van der Waals surface area (Å²) in [5.74, 6) is 0.990. The molecule has 10 heteroatoms. The summed E-state index contributed by atoms with van der Waals surface area (Å²) >= 11 is 0. The zero-order valence-corrected chi connectivity index (χ0v) is 19.3. The quantitative estimate of drug-likeness (QED) is 0.194. The molecule has 1 aromatic carbocycles. The lowest BCUT2D eigenvalue weighted by atomic mass is 10.1. The van der Waals surface area contributed by atoms with Crippen LogP contribution in [0.1, 0.15) is 31.7 Å². The van der Waals surface area contributed by atoms with Crippen molar-refractivity contribution in [1.29, 1.82) is 0 Å². The predicted molar refractivity (Wildman–Crippen MR) is 121 cm³/mol. The van der Waals surface area contributed by atoms with Gasteiger partial charge in [-0.05, 0) is 43.9 Å². The van der Waals surface area contributed by atoms with E-state index in [1.165, 1.54) is 12.1 Å². The molecule has 1 amide bonds. The van der Waals surface area contributed by atoms with Crippen LogP contribution in [0.5, 0.6) is 0 Å². The van der Waals surface area contributed by atoms with E-state index in [9.17, 15) is 13.2 Å². The van der Waals surface area contributed by atoms with E-state index in [2.05, 4.69) is 15.6 Å². The Morgan fingerprint density at radius 1 is 1.25 bits per heavy atom. The highest BCUT2D eigenvalue weighted by Gasteiger charge is 2.18. The van der Waals surface area contributed by atoms with Gasteiger partial charge in [0.15, 0.2) is 5.96 Å². The molecule has 0 aromatic heterocycles. The number of nitrogens with two attached hydrogens (primary N) is 1. The van der Waals surface area contributed by atoms with Crippen molar-refractivity contribution in [2.75, 3.05) is 32.7 Å². The van der Waals surface area contributed by atoms with E-state index < -0.39 is 10.0 Å². The molecular formula is C18H30IN5O3S. The van der Waals surface area contributed by atoms with Crippen LogP contribution in [0.3, 0.4) is 0 Å². The van der Waals surface area contributed by atoms with Crippen molar-refractivity contribution in [2.45, 2.75) is 37.5 Å². The number of nitrogens with one attached hydrogen (secondary N) is 2.